The number of hydrogen-bond acceptors (Lipinski definition) is 3. The maximum atomic E-state index is 13.7. The van der Waals surface area contributed by atoms with Crippen LogP contribution in [0.4, 0.5) is 0 Å². The van der Waals surface area contributed by atoms with Crippen molar-refractivity contribution in [2.24, 2.45) is 0 Å². The fraction of sp³-hybridized carbons (Fsp3) is 0.333. The topological polar surface area (TPSA) is 58.6 Å². The number of nitrogens with zero attached hydrogens (tertiary/aromatic N) is 1. The summed E-state index contributed by atoms with van der Waals surface area (Å²) in [5, 5.41) is 3.84. The van der Waals surface area contributed by atoms with Crippen LogP contribution in [0.15, 0.2) is 66.7 Å². The van der Waals surface area contributed by atoms with Crippen molar-refractivity contribution in [3.05, 3.63) is 99.0 Å². The molecule has 0 aromatic heterocycles. The number of aryl methyl sites for hydroxylation is 2. The van der Waals surface area contributed by atoms with Crippen molar-refractivity contribution in [3.8, 4) is 5.75 Å². The average Bonchev–Trinajstić information content (AvgIpc) is 2.87. The zero-order valence-electron chi connectivity index (χ0n) is 21.6. The van der Waals surface area contributed by atoms with Crippen molar-refractivity contribution in [2.75, 3.05) is 13.2 Å². The zero-order chi connectivity index (χ0) is 26.8. The smallest absolute Gasteiger partial charge is 0.261 e. The minimum Gasteiger partial charge on any atom is -0.484 e. The van der Waals surface area contributed by atoms with Gasteiger partial charge in [-0.15, -0.1) is 0 Å². The van der Waals surface area contributed by atoms with E-state index in [0.717, 1.165) is 35.1 Å². The van der Waals surface area contributed by atoms with Gasteiger partial charge in [0, 0.05) is 19.5 Å². The molecule has 3 rings (SSSR count). The van der Waals surface area contributed by atoms with Crippen LogP contribution in [0, 0.1) is 13.8 Å². The summed E-state index contributed by atoms with van der Waals surface area (Å²) in [6.45, 7) is 6.57. The molecule has 0 fully saturated rings. The van der Waals surface area contributed by atoms with E-state index >= 15 is 0 Å². The Labute approximate surface area is 229 Å². The minimum absolute atomic E-state index is 0.185. The van der Waals surface area contributed by atoms with E-state index in [4.69, 9.17) is 27.9 Å². The molecule has 0 aliphatic carbocycles. The van der Waals surface area contributed by atoms with E-state index in [1.54, 1.807) is 17.0 Å². The third-order valence-electron chi connectivity index (χ3n) is 6.00. The zero-order valence-corrected chi connectivity index (χ0v) is 23.1. The van der Waals surface area contributed by atoms with Gasteiger partial charge in [0.25, 0.3) is 5.91 Å². The lowest BCUT2D eigenvalue weighted by atomic mass is 10.0. The number of halogens is 2. The molecule has 0 aliphatic rings. The molecule has 0 unspecified atom stereocenters. The highest BCUT2D eigenvalue weighted by molar-refractivity contribution is 6.42. The number of amides is 2. The number of hydrogen-bond donors (Lipinski definition) is 1. The van der Waals surface area contributed by atoms with E-state index < -0.39 is 6.04 Å². The van der Waals surface area contributed by atoms with Crippen molar-refractivity contribution in [2.45, 2.75) is 52.6 Å². The van der Waals surface area contributed by atoms with Crippen LogP contribution >= 0.6 is 23.2 Å². The molecule has 2 amide bonds. The summed E-state index contributed by atoms with van der Waals surface area (Å²) in [5.41, 5.74) is 3.83. The minimum atomic E-state index is -0.732. The molecule has 1 N–H and O–H groups in total. The molecule has 0 spiro atoms. The van der Waals surface area contributed by atoms with Gasteiger partial charge in [0.15, 0.2) is 6.61 Å². The van der Waals surface area contributed by atoms with E-state index in [9.17, 15) is 9.59 Å². The Balaban J connectivity index is 1.91. The van der Waals surface area contributed by atoms with Crippen LogP contribution in [-0.2, 0) is 22.6 Å². The number of carbonyl (C=O) groups is 2. The second-order valence-corrected chi connectivity index (χ2v) is 10.0. The quantitative estimate of drug-likeness (QED) is 0.265. The number of carbonyl (C=O) groups excluding carboxylic acids is 2. The number of nitrogens with one attached hydrogen (secondary N) is 1. The van der Waals surface area contributed by atoms with Crippen molar-refractivity contribution in [1.82, 2.24) is 10.2 Å². The first-order chi connectivity index (χ1) is 17.8. The van der Waals surface area contributed by atoms with Gasteiger partial charge in [-0.2, -0.15) is 0 Å². The van der Waals surface area contributed by atoms with Gasteiger partial charge in [-0.05, 0) is 66.8 Å². The third kappa shape index (κ3) is 8.80. The lowest BCUT2D eigenvalue weighted by Crippen LogP contribution is -2.51. The van der Waals surface area contributed by atoms with Crippen LogP contribution in [0.2, 0.25) is 10.0 Å². The van der Waals surface area contributed by atoms with Gasteiger partial charge in [0.05, 0.1) is 10.0 Å². The fourth-order valence-electron chi connectivity index (χ4n) is 4.14. The molecule has 3 aromatic rings. The van der Waals surface area contributed by atoms with Crippen LogP contribution < -0.4 is 10.1 Å². The predicted octanol–water partition coefficient (Wildman–Crippen LogP) is 6.55. The van der Waals surface area contributed by atoms with Gasteiger partial charge >= 0.3 is 0 Å². The van der Waals surface area contributed by atoms with Gasteiger partial charge < -0.3 is 15.0 Å². The second kappa shape index (κ2) is 14.1. The van der Waals surface area contributed by atoms with Gasteiger partial charge in [0.1, 0.15) is 11.8 Å². The van der Waals surface area contributed by atoms with Crippen LogP contribution in [0.3, 0.4) is 0 Å². The summed E-state index contributed by atoms with van der Waals surface area (Å²) in [6, 6.07) is 20.0. The van der Waals surface area contributed by atoms with Crippen LogP contribution in [0.5, 0.6) is 5.75 Å². The summed E-state index contributed by atoms with van der Waals surface area (Å²) < 4.78 is 5.90. The van der Waals surface area contributed by atoms with E-state index in [1.165, 1.54) is 0 Å². The summed E-state index contributed by atoms with van der Waals surface area (Å²) in [4.78, 5) is 28.7. The maximum absolute atomic E-state index is 13.7. The van der Waals surface area contributed by atoms with Crippen LogP contribution in [0.25, 0.3) is 0 Å². The molecule has 0 radical (unpaired) electrons. The van der Waals surface area contributed by atoms with Crippen molar-refractivity contribution >= 4 is 35.0 Å². The molecule has 0 saturated carbocycles. The van der Waals surface area contributed by atoms with Gasteiger partial charge in [-0.25, -0.2) is 0 Å². The van der Waals surface area contributed by atoms with E-state index in [-0.39, 0.29) is 25.0 Å². The van der Waals surface area contributed by atoms with E-state index in [1.807, 2.05) is 68.4 Å². The molecule has 0 heterocycles. The summed E-state index contributed by atoms with van der Waals surface area (Å²) >= 11 is 12.4. The van der Waals surface area contributed by atoms with Crippen LogP contribution in [0.1, 0.15) is 42.0 Å². The Bertz CT molecular complexity index is 1180. The third-order valence-corrected chi connectivity index (χ3v) is 6.73. The Kier molecular flexibility index (Phi) is 10.8. The Morgan fingerprint density at radius 1 is 0.919 bits per heavy atom. The Morgan fingerprint density at radius 3 is 2.27 bits per heavy atom. The molecule has 196 valence electrons. The highest BCUT2D eigenvalue weighted by Crippen LogP contribution is 2.24. The summed E-state index contributed by atoms with van der Waals surface area (Å²) in [7, 11) is 0. The first kappa shape index (κ1) is 28.5. The number of unbranched alkanes of at least 4 members (excludes halogenated alkanes) is 1. The normalized spacial score (nSPS) is 11.6. The standard InChI is InChI=1S/C30H34Cl2N2O3/c1-4-5-13-33-30(36)28(18-23-9-7-6-8-10-23)34(19-24-11-12-26(31)27(32)17-24)29(35)20-37-25-15-21(2)14-22(3)16-25/h6-12,14-17,28H,4-5,13,18-20H2,1-3H3,(H,33,36)/t28-/m0/s1. The molecule has 5 nitrogen and oxygen atoms in total. The van der Waals surface area contributed by atoms with Crippen molar-refractivity contribution < 1.29 is 14.3 Å². The number of ether oxygens (including phenoxy) is 1. The molecular weight excluding hydrogens is 507 g/mol. The Hall–Kier alpha value is -3.02. The average molecular weight is 542 g/mol. The highest BCUT2D eigenvalue weighted by Gasteiger charge is 2.30. The van der Waals surface area contributed by atoms with Gasteiger partial charge in [-0.3, -0.25) is 9.59 Å². The van der Waals surface area contributed by atoms with Gasteiger partial charge in [-0.1, -0.05) is 79.0 Å². The monoisotopic (exact) mass is 540 g/mol. The molecule has 0 bridgehead atoms. The van der Waals surface area contributed by atoms with Crippen molar-refractivity contribution in [3.63, 3.8) is 0 Å². The number of benzene rings is 3. The fourth-order valence-corrected chi connectivity index (χ4v) is 4.46. The van der Waals surface area contributed by atoms with Gasteiger partial charge in [0.2, 0.25) is 5.91 Å². The predicted molar refractivity (Wildman–Crippen MR) is 150 cm³/mol. The summed E-state index contributed by atoms with van der Waals surface area (Å²) in [5.74, 6) is 0.126. The molecule has 7 heteroatoms. The lowest BCUT2D eigenvalue weighted by molar-refractivity contribution is -0.142. The summed E-state index contributed by atoms with van der Waals surface area (Å²) in [6.07, 6.45) is 2.19. The van der Waals surface area contributed by atoms with Crippen molar-refractivity contribution in [1.29, 1.82) is 0 Å². The molecule has 0 saturated heterocycles. The molecule has 37 heavy (non-hydrogen) atoms. The lowest BCUT2D eigenvalue weighted by Gasteiger charge is -2.31. The number of rotatable bonds is 12. The maximum Gasteiger partial charge on any atom is 0.261 e. The molecule has 0 aliphatic heterocycles. The van der Waals surface area contributed by atoms with Crippen LogP contribution in [-0.4, -0.2) is 35.9 Å². The molecular formula is C30H34Cl2N2O3. The second-order valence-electron chi connectivity index (χ2n) is 9.23. The largest absolute Gasteiger partial charge is 0.484 e. The Morgan fingerprint density at radius 2 is 1.62 bits per heavy atom. The first-order valence-electron chi connectivity index (χ1n) is 12.5. The first-order valence-corrected chi connectivity index (χ1v) is 13.3. The van der Waals surface area contributed by atoms with E-state index in [2.05, 4.69) is 12.2 Å². The molecule has 3 aromatic carbocycles. The molecule has 1 atom stereocenters. The van der Waals surface area contributed by atoms with E-state index in [0.29, 0.717) is 28.8 Å². The SMILES string of the molecule is CCCCNC(=O)[C@H](Cc1ccccc1)N(Cc1ccc(Cl)c(Cl)c1)C(=O)COc1cc(C)cc(C)c1. The highest BCUT2D eigenvalue weighted by atomic mass is 35.5.